The molecule has 0 aromatic carbocycles. The van der Waals surface area contributed by atoms with E-state index in [0.717, 1.165) is 57.8 Å². The molecule has 0 amide bonds. The molecule has 0 aliphatic rings. The maximum absolute atomic E-state index is 12.5. The third-order valence-electron chi connectivity index (χ3n) is 7.98. The van der Waals surface area contributed by atoms with Crippen LogP contribution in [0.15, 0.2) is 72.9 Å². The summed E-state index contributed by atoms with van der Waals surface area (Å²) < 4.78 is 33.2. The summed E-state index contributed by atoms with van der Waals surface area (Å²) in [6.07, 6.45) is 45.5. The third kappa shape index (κ3) is 37.5. The number of carbonyl (C=O) groups excluding carboxylic acids is 1. The molecule has 0 saturated heterocycles. The molecule has 0 fully saturated rings. The minimum Gasteiger partial charge on any atom is -0.480 e. The second-order valence-electron chi connectivity index (χ2n) is 13.0. The van der Waals surface area contributed by atoms with Gasteiger partial charge in [0.2, 0.25) is 0 Å². The van der Waals surface area contributed by atoms with Crippen molar-refractivity contribution in [2.75, 3.05) is 26.4 Å². The molecule has 0 radical (unpaired) electrons. The van der Waals surface area contributed by atoms with Gasteiger partial charge in [0.05, 0.1) is 19.8 Å². The number of carbonyl (C=O) groups is 2. The van der Waals surface area contributed by atoms with Crippen molar-refractivity contribution in [1.82, 2.24) is 0 Å². The fourth-order valence-corrected chi connectivity index (χ4v) is 5.66. The van der Waals surface area contributed by atoms with Gasteiger partial charge >= 0.3 is 19.8 Å². The van der Waals surface area contributed by atoms with Gasteiger partial charge in [0.1, 0.15) is 12.1 Å². The Hall–Kier alpha value is -2.59. The third-order valence-corrected chi connectivity index (χ3v) is 8.93. The molecule has 0 aliphatic heterocycles. The first-order chi connectivity index (χ1) is 25.7. The Labute approximate surface area is 321 Å². The molecule has 0 rings (SSSR count). The van der Waals surface area contributed by atoms with Gasteiger partial charge in [-0.05, 0) is 70.6 Å². The van der Waals surface area contributed by atoms with Crippen molar-refractivity contribution in [3.63, 3.8) is 0 Å². The van der Waals surface area contributed by atoms with Crippen LogP contribution in [0.1, 0.15) is 142 Å². The number of unbranched alkanes of at least 4 members (excludes halogenated alkanes) is 11. The molecule has 3 unspecified atom stereocenters. The lowest BCUT2D eigenvalue weighted by molar-refractivity contribution is -0.154. The summed E-state index contributed by atoms with van der Waals surface area (Å²) in [5.41, 5.74) is 5.34. The number of hydrogen-bond donors (Lipinski definition) is 3. The summed E-state index contributed by atoms with van der Waals surface area (Å²) in [6, 6.07) is -1.49. The van der Waals surface area contributed by atoms with E-state index in [1.165, 1.54) is 57.8 Å². The fraction of sp³-hybridized carbons (Fsp3) is 0.667. The van der Waals surface area contributed by atoms with Gasteiger partial charge in [-0.2, -0.15) is 0 Å². The van der Waals surface area contributed by atoms with Crippen LogP contribution in [0.3, 0.4) is 0 Å². The van der Waals surface area contributed by atoms with E-state index in [1.807, 2.05) is 12.2 Å². The Kier molecular flexibility index (Phi) is 35.9. The second kappa shape index (κ2) is 37.7. The molecule has 53 heavy (non-hydrogen) atoms. The van der Waals surface area contributed by atoms with E-state index in [-0.39, 0.29) is 13.0 Å². The van der Waals surface area contributed by atoms with E-state index >= 15 is 0 Å². The molecule has 0 aliphatic carbocycles. The number of esters is 1. The van der Waals surface area contributed by atoms with E-state index < -0.39 is 45.1 Å². The van der Waals surface area contributed by atoms with Gasteiger partial charge in [0.15, 0.2) is 0 Å². The lowest BCUT2D eigenvalue weighted by Crippen LogP contribution is -2.34. The van der Waals surface area contributed by atoms with Gasteiger partial charge in [0.25, 0.3) is 0 Å². The summed E-state index contributed by atoms with van der Waals surface area (Å²) in [5, 5.41) is 8.87. The van der Waals surface area contributed by atoms with Crippen LogP contribution in [-0.4, -0.2) is 60.5 Å². The number of allylic oxidation sites excluding steroid dienone is 12. The normalized spacial score (nSPS) is 14.8. The van der Waals surface area contributed by atoms with E-state index in [0.29, 0.717) is 13.0 Å². The molecular weight excluding hydrogens is 693 g/mol. The fourth-order valence-electron chi connectivity index (χ4n) is 4.88. The predicted octanol–water partition coefficient (Wildman–Crippen LogP) is 10.6. The molecule has 0 aromatic heterocycles. The Balaban J connectivity index is 4.37. The zero-order valence-corrected chi connectivity index (χ0v) is 33.7. The zero-order chi connectivity index (χ0) is 39.1. The smallest absolute Gasteiger partial charge is 0.472 e. The number of phosphoric ester groups is 1. The van der Waals surface area contributed by atoms with Gasteiger partial charge in [-0.1, -0.05) is 138 Å². The van der Waals surface area contributed by atoms with Crippen molar-refractivity contribution < 1.29 is 42.7 Å². The van der Waals surface area contributed by atoms with Crippen LogP contribution in [0.25, 0.3) is 0 Å². The number of carboxylic acids is 1. The van der Waals surface area contributed by atoms with Crippen molar-refractivity contribution in [1.29, 1.82) is 0 Å². The van der Waals surface area contributed by atoms with Crippen LogP contribution in [-0.2, 0) is 32.7 Å². The number of ether oxygens (including phenoxy) is 2. The van der Waals surface area contributed by atoms with Crippen LogP contribution in [0.5, 0.6) is 0 Å². The lowest BCUT2D eigenvalue weighted by Gasteiger charge is -2.20. The van der Waals surface area contributed by atoms with E-state index in [2.05, 4.69) is 79.1 Å². The number of aliphatic carboxylic acids is 1. The number of hydrogen-bond acceptors (Lipinski definition) is 8. The SMILES string of the molecule is CC/C=C\C/C=C\C/C=C\C/C=C\CCC(=O)OC(COCCCCCCCCCC/C=C\C/C=C\CCCCC)COP(=O)(O)OCC(N)C(=O)O. The van der Waals surface area contributed by atoms with Crippen molar-refractivity contribution in [2.24, 2.45) is 5.73 Å². The molecule has 4 N–H and O–H groups in total. The van der Waals surface area contributed by atoms with Gasteiger partial charge in [0, 0.05) is 13.0 Å². The summed E-state index contributed by atoms with van der Waals surface area (Å²) in [7, 11) is -4.64. The highest BCUT2D eigenvalue weighted by Crippen LogP contribution is 2.43. The first kappa shape index (κ1) is 50.4. The molecule has 304 valence electrons. The first-order valence-corrected chi connectivity index (χ1v) is 21.5. The van der Waals surface area contributed by atoms with Crippen LogP contribution in [0, 0.1) is 0 Å². The van der Waals surface area contributed by atoms with Crippen molar-refractivity contribution in [2.45, 2.75) is 154 Å². The van der Waals surface area contributed by atoms with E-state index in [9.17, 15) is 19.0 Å². The molecule has 3 atom stereocenters. The molecule has 0 saturated carbocycles. The van der Waals surface area contributed by atoms with Gasteiger partial charge in [-0.3, -0.25) is 18.6 Å². The largest absolute Gasteiger partial charge is 0.480 e. The standard InChI is InChI=1S/C42H72NO9P/c1-3-5-7-9-11-13-15-17-18-19-20-21-23-25-27-29-31-33-35-49-36-39(37-50-53(47,48)51-38-40(43)42(45)46)52-41(44)34-32-30-28-26-24-22-16-14-12-10-8-6-4-2/h6,8,11-14,17-18,22,24,28,30,39-40H,3-5,7,9-10,15-16,19-21,23,25-27,29,31-38,43H2,1-2H3,(H,45,46)(H,47,48)/b8-6-,13-11-,14-12-,18-17-,24-22-,30-28-. The number of rotatable bonds is 37. The monoisotopic (exact) mass is 765 g/mol. The van der Waals surface area contributed by atoms with Crippen LogP contribution >= 0.6 is 7.82 Å². The Bertz CT molecular complexity index is 1120. The van der Waals surface area contributed by atoms with Gasteiger partial charge in [-0.25, -0.2) is 4.57 Å². The molecule has 0 aromatic rings. The minimum absolute atomic E-state index is 0.0198. The number of phosphoric acid groups is 1. The van der Waals surface area contributed by atoms with Crippen molar-refractivity contribution in [3.8, 4) is 0 Å². The Morgan fingerprint density at radius 3 is 1.64 bits per heavy atom. The van der Waals surface area contributed by atoms with Crippen LogP contribution in [0.4, 0.5) is 0 Å². The highest BCUT2D eigenvalue weighted by atomic mass is 31.2. The molecule has 11 heteroatoms. The topological polar surface area (TPSA) is 155 Å². The van der Waals surface area contributed by atoms with Crippen LogP contribution < -0.4 is 5.73 Å². The molecule has 0 heterocycles. The maximum atomic E-state index is 12.5. The van der Waals surface area contributed by atoms with Crippen molar-refractivity contribution >= 4 is 19.8 Å². The number of carboxylic acid groups (broad SMARTS) is 1. The summed E-state index contributed by atoms with van der Waals surface area (Å²) >= 11 is 0. The summed E-state index contributed by atoms with van der Waals surface area (Å²) in [4.78, 5) is 33.4. The van der Waals surface area contributed by atoms with Crippen LogP contribution in [0.2, 0.25) is 0 Å². The van der Waals surface area contributed by atoms with E-state index in [4.69, 9.17) is 24.8 Å². The highest BCUT2D eigenvalue weighted by Gasteiger charge is 2.27. The molecular formula is C42H72NO9P. The number of nitrogens with two attached hydrogens (primary N) is 1. The maximum Gasteiger partial charge on any atom is 0.472 e. The Morgan fingerprint density at radius 1 is 0.623 bits per heavy atom. The minimum atomic E-state index is -4.64. The molecule has 0 bridgehead atoms. The molecule has 10 nitrogen and oxygen atoms in total. The summed E-state index contributed by atoms with van der Waals surface area (Å²) in [6.45, 7) is 3.61. The average Bonchev–Trinajstić information content (AvgIpc) is 3.13. The van der Waals surface area contributed by atoms with Crippen molar-refractivity contribution in [3.05, 3.63) is 72.9 Å². The van der Waals surface area contributed by atoms with Gasteiger partial charge in [-0.15, -0.1) is 0 Å². The first-order valence-electron chi connectivity index (χ1n) is 20.0. The lowest BCUT2D eigenvalue weighted by atomic mass is 10.1. The average molecular weight is 766 g/mol. The summed E-state index contributed by atoms with van der Waals surface area (Å²) in [5.74, 6) is -1.87. The van der Waals surface area contributed by atoms with Gasteiger partial charge < -0.3 is 25.2 Å². The quantitative estimate of drug-likeness (QED) is 0.0241. The Morgan fingerprint density at radius 2 is 1.09 bits per heavy atom. The zero-order valence-electron chi connectivity index (χ0n) is 32.8. The molecule has 0 spiro atoms. The predicted molar refractivity (Wildman–Crippen MR) is 217 cm³/mol. The van der Waals surface area contributed by atoms with E-state index in [1.54, 1.807) is 0 Å². The second-order valence-corrected chi connectivity index (χ2v) is 14.5. The highest BCUT2D eigenvalue weighted by molar-refractivity contribution is 7.47.